The molecule has 2 aromatic rings. The summed E-state index contributed by atoms with van der Waals surface area (Å²) >= 11 is 0. The predicted molar refractivity (Wildman–Crippen MR) is 70.6 cm³/mol. The molecule has 0 amide bonds. The summed E-state index contributed by atoms with van der Waals surface area (Å²) in [6.45, 7) is 4.01. The van der Waals surface area contributed by atoms with Crippen LogP contribution >= 0.6 is 0 Å². The van der Waals surface area contributed by atoms with Crippen LogP contribution in [-0.2, 0) is 19.5 Å². The van der Waals surface area contributed by atoms with Crippen molar-refractivity contribution in [3.63, 3.8) is 0 Å². The minimum atomic E-state index is 0.889. The Morgan fingerprint density at radius 3 is 2.35 bits per heavy atom. The molecule has 0 aliphatic rings. The average Bonchev–Trinajstić information content (AvgIpc) is 2.40. The van der Waals surface area contributed by atoms with Gasteiger partial charge in [0.2, 0.25) is 0 Å². The lowest BCUT2D eigenvalue weighted by atomic mass is 10.1. The maximum atomic E-state index is 4.01. The standard InChI is InChI=1S/C15H18N2/c1-2-14-5-3-4-6-15(14)12-17-11-13-7-9-16-10-8-13/h3-10,17H,2,11-12H2,1H3. The number of aromatic nitrogens is 1. The van der Waals surface area contributed by atoms with Crippen LogP contribution in [0.15, 0.2) is 48.8 Å². The van der Waals surface area contributed by atoms with Crippen LogP contribution in [0.4, 0.5) is 0 Å². The van der Waals surface area contributed by atoms with Gasteiger partial charge in [0, 0.05) is 25.5 Å². The largest absolute Gasteiger partial charge is 0.309 e. The van der Waals surface area contributed by atoms with Gasteiger partial charge in [-0.15, -0.1) is 0 Å². The Balaban J connectivity index is 1.90. The molecule has 0 saturated heterocycles. The maximum absolute atomic E-state index is 4.01. The zero-order valence-electron chi connectivity index (χ0n) is 10.2. The summed E-state index contributed by atoms with van der Waals surface area (Å²) in [6.07, 6.45) is 4.75. The topological polar surface area (TPSA) is 24.9 Å². The first-order valence-electron chi connectivity index (χ1n) is 6.06. The molecule has 0 radical (unpaired) electrons. The molecule has 0 bridgehead atoms. The van der Waals surface area contributed by atoms with Crippen LogP contribution < -0.4 is 5.32 Å². The first-order chi connectivity index (χ1) is 8.40. The van der Waals surface area contributed by atoms with Gasteiger partial charge >= 0.3 is 0 Å². The minimum absolute atomic E-state index is 0.889. The highest BCUT2D eigenvalue weighted by atomic mass is 14.8. The van der Waals surface area contributed by atoms with Gasteiger partial charge < -0.3 is 5.32 Å². The number of nitrogens with zero attached hydrogens (tertiary/aromatic N) is 1. The molecule has 0 spiro atoms. The van der Waals surface area contributed by atoms with Crippen molar-refractivity contribution < 1.29 is 0 Å². The summed E-state index contributed by atoms with van der Waals surface area (Å²) < 4.78 is 0. The maximum Gasteiger partial charge on any atom is 0.0271 e. The van der Waals surface area contributed by atoms with E-state index in [4.69, 9.17) is 0 Å². The second kappa shape index (κ2) is 6.16. The lowest BCUT2D eigenvalue weighted by Gasteiger charge is -2.09. The van der Waals surface area contributed by atoms with Crippen molar-refractivity contribution in [2.45, 2.75) is 26.4 Å². The number of hydrogen-bond donors (Lipinski definition) is 1. The second-order valence-corrected chi connectivity index (χ2v) is 4.08. The second-order valence-electron chi connectivity index (χ2n) is 4.08. The highest BCUT2D eigenvalue weighted by Gasteiger charge is 1.99. The molecule has 0 atom stereocenters. The molecule has 2 rings (SSSR count). The van der Waals surface area contributed by atoms with Gasteiger partial charge in [-0.1, -0.05) is 31.2 Å². The Kier molecular flexibility index (Phi) is 4.28. The fourth-order valence-electron chi connectivity index (χ4n) is 1.92. The molecule has 1 N–H and O–H groups in total. The van der Waals surface area contributed by atoms with E-state index in [0.717, 1.165) is 19.5 Å². The summed E-state index contributed by atoms with van der Waals surface area (Å²) in [5, 5.41) is 3.46. The van der Waals surface area contributed by atoms with Crippen molar-refractivity contribution in [2.75, 3.05) is 0 Å². The van der Waals surface area contributed by atoms with Crippen molar-refractivity contribution in [1.82, 2.24) is 10.3 Å². The van der Waals surface area contributed by atoms with E-state index in [-0.39, 0.29) is 0 Å². The lowest BCUT2D eigenvalue weighted by Crippen LogP contribution is -2.13. The average molecular weight is 226 g/mol. The Labute approximate surface area is 103 Å². The molecule has 2 nitrogen and oxygen atoms in total. The third-order valence-corrected chi connectivity index (χ3v) is 2.89. The van der Waals surface area contributed by atoms with Crippen LogP contribution in [0.1, 0.15) is 23.6 Å². The van der Waals surface area contributed by atoms with E-state index in [1.165, 1.54) is 16.7 Å². The van der Waals surface area contributed by atoms with E-state index in [0.29, 0.717) is 0 Å². The van der Waals surface area contributed by atoms with E-state index >= 15 is 0 Å². The summed E-state index contributed by atoms with van der Waals surface area (Å²) in [4.78, 5) is 4.01. The van der Waals surface area contributed by atoms with Crippen LogP contribution in [-0.4, -0.2) is 4.98 Å². The molecule has 1 aromatic carbocycles. The molecule has 1 aromatic heterocycles. The SMILES string of the molecule is CCc1ccccc1CNCc1ccncc1. The van der Waals surface area contributed by atoms with E-state index in [9.17, 15) is 0 Å². The van der Waals surface area contributed by atoms with E-state index in [1.54, 1.807) is 0 Å². The van der Waals surface area contributed by atoms with Gasteiger partial charge in [-0.25, -0.2) is 0 Å². The zero-order valence-corrected chi connectivity index (χ0v) is 10.2. The minimum Gasteiger partial charge on any atom is -0.309 e. The molecule has 17 heavy (non-hydrogen) atoms. The van der Waals surface area contributed by atoms with Crippen LogP contribution in [0.2, 0.25) is 0 Å². The van der Waals surface area contributed by atoms with Crippen LogP contribution in [0.5, 0.6) is 0 Å². The number of nitrogens with one attached hydrogen (secondary N) is 1. The molecule has 0 aliphatic carbocycles. The van der Waals surface area contributed by atoms with Gasteiger partial charge in [0.05, 0.1) is 0 Å². The van der Waals surface area contributed by atoms with Crippen molar-refractivity contribution in [3.05, 3.63) is 65.5 Å². The third kappa shape index (κ3) is 3.40. The first-order valence-corrected chi connectivity index (χ1v) is 6.06. The number of rotatable bonds is 5. The normalized spacial score (nSPS) is 10.4. The summed E-state index contributed by atoms with van der Waals surface area (Å²) in [7, 11) is 0. The van der Waals surface area contributed by atoms with Gasteiger partial charge in [-0.3, -0.25) is 4.98 Å². The Bertz CT molecular complexity index is 451. The van der Waals surface area contributed by atoms with Crippen LogP contribution in [0.25, 0.3) is 0 Å². The highest BCUT2D eigenvalue weighted by Crippen LogP contribution is 2.09. The van der Waals surface area contributed by atoms with Gasteiger partial charge in [0.1, 0.15) is 0 Å². The molecule has 1 heterocycles. The Morgan fingerprint density at radius 2 is 1.65 bits per heavy atom. The third-order valence-electron chi connectivity index (χ3n) is 2.89. The summed E-state index contributed by atoms with van der Waals surface area (Å²) in [5.74, 6) is 0. The number of benzene rings is 1. The molecule has 0 fully saturated rings. The Hall–Kier alpha value is -1.67. The molecule has 0 aliphatic heterocycles. The number of pyridine rings is 1. The number of hydrogen-bond acceptors (Lipinski definition) is 2. The Morgan fingerprint density at radius 1 is 0.941 bits per heavy atom. The molecule has 0 saturated carbocycles. The van der Waals surface area contributed by atoms with Crippen molar-refractivity contribution in [1.29, 1.82) is 0 Å². The molecular weight excluding hydrogens is 208 g/mol. The van der Waals surface area contributed by atoms with Gasteiger partial charge in [0.25, 0.3) is 0 Å². The quantitative estimate of drug-likeness (QED) is 0.848. The van der Waals surface area contributed by atoms with Crippen molar-refractivity contribution >= 4 is 0 Å². The zero-order chi connectivity index (χ0) is 11.9. The molecule has 2 heteroatoms. The van der Waals surface area contributed by atoms with E-state index in [2.05, 4.69) is 41.5 Å². The van der Waals surface area contributed by atoms with Gasteiger partial charge in [0.15, 0.2) is 0 Å². The monoisotopic (exact) mass is 226 g/mol. The van der Waals surface area contributed by atoms with Gasteiger partial charge in [-0.2, -0.15) is 0 Å². The van der Waals surface area contributed by atoms with Gasteiger partial charge in [-0.05, 0) is 35.2 Å². The van der Waals surface area contributed by atoms with Crippen LogP contribution in [0, 0.1) is 0 Å². The summed E-state index contributed by atoms with van der Waals surface area (Å²) in [6, 6.07) is 12.7. The fraction of sp³-hybridized carbons (Fsp3) is 0.267. The molecule has 88 valence electrons. The predicted octanol–water partition coefficient (Wildman–Crippen LogP) is 2.93. The van der Waals surface area contributed by atoms with E-state index < -0.39 is 0 Å². The lowest BCUT2D eigenvalue weighted by molar-refractivity contribution is 0.688. The molecule has 0 unspecified atom stereocenters. The van der Waals surface area contributed by atoms with Crippen LogP contribution in [0.3, 0.4) is 0 Å². The fourth-order valence-corrected chi connectivity index (χ4v) is 1.92. The van der Waals surface area contributed by atoms with Crippen molar-refractivity contribution in [3.8, 4) is 0 Å². The number of aryl methyl sites for hydroxylation is 1. The van der Waals surface area contributed by atoms with Crippen molar-refractivity contribution in [2.24, 2.45) is 0 Å². The molecular formula is C15H18N2. The highest BCUT2D eigenvalue weighted by molar-refractivity contribution is 5.26. The summed E-state index contributed by atoms with van der Waals surface area (Å²) in [5.41, 5.74) is 4.09. The van der Waals surface area contributed by atoms with E-state index in [1.807, 2.05) is 24.5 Å². The first kappa shape index (κ1) is 11.8. The smallest absolute Gasteiger partial charge is 0.0271 e.